The van der Waals surface area contributed by atoms with Gasteiger partial charge in [-0.2, -0.15) is 0 Å². The molecule has 3 aromatic rings. The zero-order valence-corrected chi connectivity index (χ0v) is 15.3. The molecule has 0 aliphatic rings. The fraction of sp³-hybridized carbons (Fsp3) is 0.111. The van der Waals surface area contributed by atoms with E-state index in [1.165, 1.54) is 13.1 Å². The Labute approximate surface area is 150 Å². The Morgan fingerprint density at radius 1 is 1.08 bits per heavy atom. The van der Waals surface area contributed by atoms with E-state index in [9.17, 15) is 13.2 Å². The Balaban J connectivity index is 2.05. The average molecular weight is 372 g/mol. The van der Waals surface area contributed by atoms with Crippen molar-refractivity contribution in [2.75, 3.05) is 4.72 Å². The molecule has 2 aromatic carbocycles. The SMILES string of the molecule is CC(=O)c1ccc(-c2ccccc2)cc1NS(=O)(=O)c1cnc(C)s1. The lowest BCUT2D eigenvalue weighted by Gasteiger charge is -2.12. The van der Waals surface area contributed by atoms with E-state index in [0.29, 0.717) is 10.6 Å². The summed E-state index contributed by atoms with van der Waals surface area (Å²) in [5.41, 5.74) is 2.35. The number of sulfonamides is 1. The quantitative estimate of drug-likeness (QED) is 0.684. The molecule has 0 bridgehead atoms. The highest BCUT2D eigenvalue weighted by atomic mass is 32.2. The van der Waals surface area contributed by atoms with Gasteiger partial charge in [0.05, 0.1) is 16.9 Å². The number of carbonyl (C=O) groups excluding carboxylic acids is 1. The van der Waals surface area contributed by atoms with Crippen molar-refractivity contribution in [1.29, 1.82) is 0 Å². The Morgan fingerprint density at radius 3 is 2.40 bits per heavy atom. The lowest BCUT2D eigenvalue weighted by Crippen LogP contribution is -2.14. The van der Waals surface area contributed by atoms with Gasteiger partial charge in [0.25, 0.3) is 10.0 Å². The van der Waals surface area contributed by atoms with Gasteiger partial charge in [0.1, 0.15) is 0 Å². The van der Waals surface area contributed by atoms with Crippen molar-refractivity contribution < 1.29 is 13.2 Å². The van der Waals surface area contributed by atoms with Crippen LogP contribution < -0.4 is 4.72 Å². The lowest BCUT2D eigenvalue weighted by atomic mass is 10.0. The third-order valence-electron chi connectivity index (χ3n) is 3.62. The number of hydrogen-bond donors (Lipinski definition) is 1. The van der Waals surface area contributed by atoms with Crippen molar-refractivity contribution in [1.82, 2.24) is 4.98 Å². The average Bonchev–Trinajstić information content (AvgIpc) is 3.02. The van der Waals surface area contributed by atoms with E-state index in [4.69, 9.17) is 0 Å². The van der Waals surface area contributed by atoms with Crippen molar-refractivity contribution >= 4 is 32.8 Å². The molecule has 0 fully saturated rings. The van der Waals surface area contributed by atoms with Crippen molar-refractivity contribution in [3.8, 4) is 11.1 Å². The molecule has 128 valence electrons. The number of nitrogens with one attached hydrogen (secondary N) is 1. The summed E-state index contributed by atoms with van der Waals surface area (Å²) in [6.07, 6.45) is 1.32. The number of nitrogens with zero attached hydrogens (tertiary/aromatic N) is 1. The van der Waals surface area contributed by atoms with E-state index >= 15 is 0 Å². The fourth-order valence-electron chi connectivity index (χ4n) is 2.41. The highest BCUT2D eigenvalue weighted by molar-refractivity contribution is 7.94. The van der Waals surface area contributed by atoms with Crippen LogP contribution in [-0.2, 0) is 10.0 Å². The molecule has 0 saturated carbocycles. The molecule has 1 heterocycles. The second-order valence-corrected chi connectivity index (χ2v) is 8.63. The summed E-state index contributed by atoms with van der Waals surface area (Å²) >= 11 is 1.08. The Hall–Kier alpha value is -2.51. The molecule has 1 N–H and O–H groups in total. The molecule has 0 amide bonds. The summed E-state index contributed by atoms with van der Waals surface area (Å²) in [5.74, 6) is -0.210. The van der Waals surface area contributed by atoms with Crippen molar-refractivity contribution in [3.05, 3.63) is 65.3 Å². The standard InChI is InChI=1S/C18H16N2O3S2/c1-12(21)16-9-8-15(14-6-4-3-5-7-14)10-17(16)20-25(22,23)18-11-19-13(2)24-18/h3-11,20H,1-2H3. The van der Waals surface area contributed by atoms with Gasteiger partial charge in [-0.1, -0.05) is 36.4 Å². The fourth-order valence-corrected chi connectivity index (χ4v) is 4.59. The Bertz CT molecular complexity index is 1030. The molecule has 7 heteroatoms. The minimum atomic E-state index is -3.79. The number of benzene rings is 2. The molecular weight excluding hydrogens is 356 g/mol. The summed E-state index contributed by atoms with van der Waals surface area (Å²) in [5, 5.41) is 0.658. The molecule has 1 aromatic heterocycles. The minimum absolute atomic E-state index is 0.115. The van der Waals surface area contributed by atoms with Crippen LogP contribution >= 0.6 is 11.3 Å². The monoisotopic (exact) mass is 372 g/mol. The third-order valence-corrected chi connectivity index (χ3v) is 6.35. The maximum atomic E-state index is 12.6. The first-order valence-electron chi connectivity index (χ1n) is 7.52. The number of ketones is 1. The first kappa shape index (κ1) is 17.3. The molecule has 5 nitrogen and oxygen atoms in total. The number of hydrogen-bond acceptors (Lipinski definition) is 5. The van der Waals surface area contributed by atoms with E-state index in [-0.39, 0.29) is 15.7 Å². The zero-order valence-electron chi connectivity index (χ0n) is 13.7. The van der Waals surface area contributed by atoms with Crippen LogP contribution in [0, 0.1) is 6.92 Å². The maximum Gasteiger partial charge on any atom is 0.273 e. The molecule has 0 spiro atoms. The first-order valence-corrected chi connectivity index (χ1v) is 9.82. The van der Waals surface area contributed by atoms with Gasteiger partial charge in [-0.3, -0.25) is 9.52 Å². The van der Waals surface area contributed by atoms with E-state index in [0.717, 1.165) is 22.5 Å². The largest absolute Gasteiger partial charge is 0.294 e. The van der Waals surface area contributed by atoms with Gasteiger partial charge in [0.15, 0.2) is 9.99 Å². The van der Waals surface area contributed by atoms with Gasteiger partial charge in [-0.25, -0.2) is 13.4 Å². The van der Waals surface area contributed by atoms with Gasteiger partial charge in [0, 0.05) is 5.56 Å². The summed E-state index contributed by atoms with van der Waals surface area (Å²) < 4.78 is 27.8. The molecule has 0 aliphatic heterocycles. The molecular formula is C18H16N2O3S2. The van der Waals surface area contributed by atoms with Crippen LogP contribution in [0.1, 0.15) is 22.3 Å². The van der Waals surface area contributed by atoms with E-state index in [2.05, 4.69) is 9.71 Å². The molecule has 0 radical (unpaired) electrons. The highest BCUT2D eigenvalue weighted by Crippen LogP contribution is 2.29. The van der Waals surface area contributed by atoms with E-state index in [1.54, 1.807) is 25.1 Å². The first-order chi connectivity index (χ1) is 11.9. The number of Topliss-reactive ketones (excluding diaryl/α,β-unsaturated/α-hetero) is 1. The summed E-state index contributed by atoms with van der Waals surface area (Å²) in [4.78, 5) is 15.9. The van der Waals surface area contributed by atoms with Gasteiger partial charge in [-0.15, -0.1) is 11.3 Å². The van der Waals surface area contributed by atoms with Gasteiger partial charge in [0.2, 0.25) is 0 Å². The lowest BCUT2D eigenvalue weighted by molar-refractivity contribution is 0.101. The van der Waals surface area contributed by atoms with Gasteiger partial charge >= 0.3 is 0 Å². The number of rotatable bonds is 5. The van der Waals surface area contributed by atoms with E-state index in [1.807, 2.05) is 30.3 Å². The summed E-state index contributed by atoms with van der Waals surface area (Å²) in [7, 11) is -3.79. The van der Waals surface area contributed by atoms with Gasteiger partial charge < -0.3 is 0 Å². The van der Waals surface area contributed by atoms with Crippen LogP contribution in [0.2, 0.25) is 0 Å². The second-order valence-electron chi connectivity index (χ2n) is 5.49. The zero-order chi connectivity index (χ0) is 18.0. The smallest absolute Gasteiger partial charge is 0.273 e. The topological polar surface area (TPSA) is 76.1 Å². The molecule has 3 rings (SSSR count). The summed E-state index contributed by atoms with van der Waals surface area (Å²) in [6, 6.07) is 14.7. The predicted octanol–water partition coefficient (Wildman–Crippen LogP) is 4.12. The number of anilines is 1. The molecule has 25 heavy (non-hydrogen) atoms. The molecule has 0 saturated heterocycles. The number of aryl methyl sites for hydroxylation is 1. The van der Waals surface area contributed by atoms with Crippen LogP contribution in [-0.4, -0.2) is 19.2 Å². The van der Waals surface area contributed by atoms with Crippen molar-refractivity contribution in [3.63, 3.8) is 0 Å². The minimum Gasteiger partial charge on any atom is -0.294 e. The Kier molecular flexibility index (Phi) is 4.69. The van der Waals surface area contributed by atoms with Crippen molar-refractivity contribution in [2.45, 2.75) is 18.1 Å². The molecule has 0 aliphatic carbocycles. The second kappa shape index (κ2) is 6.78. The van der Waals surface area contributed by atoms with Crippen LogP contribution in [0.15, 0.2) is 58.9 Å². The maximum absolute atomic E-state index is 12.6. The normalized spacial score (nSPS) is 11.3. The predicted molar refractivity (Wildman–Crippen MR) is 99.5 cm³/mol. The van der Waals surface area contributed by atoms with Gasteiger partial charge in [-0.05, 0) is 37.1 Å². The van der Waals surface area contributed by atoms with Crippen LogP contribution in [0.3, 0.4) is 0 Å². The molecule has 0 atom stereocenters. The van der Waals surface area contributed by atoms with Crippen LogP contribution in [0.4, 0.5) is 5.69 Å². The number of thiazole rings is 1. The van der Waals surface area contributed by atoms with Crippen LogP contribution in [0.5, 0.6) is 0 Å². The van der Waals surface area contributed by atoms with Crippen molar-refractivity contribution in [2.24, 2.45) is 0 Å². The molecule has 0 unspecified atom stereocenters. The number of aromatic nitrogens is 1. The Morgan fingerprint density at radius 2 is 1.80 bits per heavy atom. The highest BCUT2D eigenvalue weighted by Gasteiger charge is 2.20. The van der Waals surface area contributed by atoms with E-state index < -0.39 is 10.0 Å². The van der Waals surface area contributed by atoms with Crippen LogP contribution in [0.25, 0.3) is 11.1 Å². The summed E-state index contributed by atoms with van der Waals surface area (Å²) in [6.45, 7) is 3.15. The third kappa shape index (κ3) is 3.78. The number of carbonyl (C=O) groups is 1.